The minimum Gasteiger partial charge on any atom is -0.497 e. The Kier molecular flexibility index (Phi) is 6.56. The maximum atomic E-state index is 13.4. The van der Waals surface area contributed by atoms with Crippen molar-refractivity contribution in [3.8, 4) is 5.75 Å². The molecule has 0 unspecified atom stereocenters. The number of aliphatic imine (C=N–C) groups is 1. The molecule has 2 aromatic carbocycles. The first-order valence-corrected chi connectivity index (χ1v) is 13.4. The second kappa shape index (κ2) is 9.66. The summed E-state index contributed by atoms with van der Waals surface area (Å²) in [5.41, 5.74) is 6.08. The number of hydrogen-bond donors (Lipinski definition) is 0. The Morgan fingerprint density at radius 3 is 2.56 bits per heavy atom. The lowest BCUT2D eigenvalue weighted by molar-refractivity contribution is -0.117. The highest BCUT2D eigenvalue weighted by Crippen LogP contribution is 2.43. The largest absolute Gasteiger partial charge is 0.497 e. The van der Waals surface area contributed by atoms with Crippen LogP contribution in [0.2, 0.25) is 0 Å². The van der Waals surface area contributed by atoms with Crippen molar-refractivity contribution in [1.82, 2.24) is 0 Å². The van der Waals surface area contributed by atoms with Gasteiger partial charge >= 0.3 is 0 Å². The zero-order valence-corrected chi connectivity index (χ0v) is 22.2. The van der Waals surface area contributed by atoms with Gasteiger partial charge in [-0.2, -0.15) is 0 Å². The van der Waals surface area contributed by atoms with Gasteiger partial charge in [-0.3, -0.25) is 19.5 Å². The highest BCUT2D eigenvalue weighted by atomic mass is 32.1. The minimum absolute atomic E-state index is 0.00977. The molecule has 2 aliphatic rings. The van der Waals surface area contributed by atoms with Crippen LogP contribution in [0.4, 0.5) is 5.00 Å². The van der Waals surface area contributed by atoms with E-state index in [1.165, 1.54) is 16.0 Å². The van der Waals surface area contributed by atoms with Gasteiger partial charge in [0.25, 0.3) is 0 Å². The van der Waals surface area contributed by atoms with E-state index in [2.05, 4.69) is 45.0 Å². The standard InChI is InChI=1S/C30H32N2O3S/c1-30(2,3)21-14-12-19(13-15-21)28-27-23-10-5-6-11-25(23)36-29(27)32(26(34)17-31-28)18-24(33)20-8-7-9-22(16-20)35-4/h7-9,12-16H,5-6,10-11,17-18H2,1-4H3. The Labute approximate surface area is 216 Å². The van der Waals surface area contributed by atoms with Crippen molar-refractivity contribution in [3.63, 3.8) is 0 Å². The summed E-state index contributed by atoms with van der Waals surface area (Å²) in [5, 5.41) is 0.860. The number of anilines is 1. The SMILES string of the molecule is COc1cccc(C(=O)CN2C(=O)CN=C(c3ccc(C(C)(C)C)cc3)c3c2sc2c3CCCC2)c1. The number of thiophene rings is 1. The van der Waals surface area contributed by atoms with Gasteiger partial charge < -0.3 is 4.74 Å². The molecule has 0 fully saturated rings. The maximum absolute atomic E-state index is 13.4. The molecule has 1 aliphatic heterocycles. The van der Waals surface area contributed by atoms with Crippen molar-refractivity contribution in [2.75, 3.05) is 25.1 Å². The molecule has 6 heteroatoms. The van der Waals surface area contributed by atoms with Gasteiger partial charge in [-0.25, -0.2) is 0 Å². The zero-order valence-electron chi connectivity index (χ0n) is 21.4. The van der Waals surface area contributed by atoms with Crippen LogP contribution in [-0.2, 0) is 23.1 Å². The van der Waals surface area contributed by atoms with Gasteiger partial charge in [0.1, 0.15) is 17.3 Å². The summed E-state index contributed by atoms with van der Waals surface area (Å²) < 4.78 is 5.29. The molecule has 0 atom stereocenters. The van der Waals surface area contributed by atoms with Crippen molar-refractivity contribution in [1.29, 1.82) is 0 Å². The van der Waals surface area contributed by atoms with Gasteiger partial charge in [0.15, 0.2) is 5.78 Å². The normalized spacial score (nSPS) is 15.6. The van der Waals surface area contributed by atoms with Crippen molar-refractivity contribution >= 4 is 33.7 Å². The van der Waals surface area contributed by atoms with Crippen LogP contribution in [0.25, 0.3) is 0 Å². The van der Waals surface area contributed by atoms with Gasteiger partial charge in [-0.15, -0.1) is 11.3 Å². The fourth-order valence-corrected chi connectivity index (χ4v) is 6.37. The highest BCUT2D eigenvalue weighted by molar-refractivity contribution is 7.17. The van der Waals surface area contributed by atoms with Crippen molar-refractivity contribution < 1.29 is 14.3 Å². The van der Waals surface area contributed by atoms with Crippen LogP contribution in [-0.4, -0.2) is 37.6 Å². The molecule has 3 aromatic rings. The number of Topliss-reactive ketones (excluding diaryl/α,β-unsaturated/α-hetero) is 1. The lowest BCUT2D eigenvalue weighted by atomic mass is 9.85. The number of benzene rings is 2. The van der Waals surface area contributed by atoms with E-state index in [0.717, 1.165) is 47.5 Å². The van der Waals surface area contributed by atoms with E-state index in [1.54, 1.807) is 41.5 Å². The van der Waals surface area contributed by atoms with E-state index >= 15 is 0 Å². The fourth-order valence-electron chi connectivity index (χ4n) is 4.97. The topological polar surface area (TPSA) is 59.0 Å². The number of aryl methyl sites for hydroxylation is 1. The number of hydrogen-bond acceptors (Lipinski definition) is 5. The van der Waals surface area contributed by atoms with Gasteiger partial charge in [0.2, 0.25) is 5.91 Å². The molecule has 0 saturated carbocycles. The summed E-state index contributed by atoms with van der Waals surface area (Å²) in [6.45, 7) is 6.62. The van der Waals surface area contributed by atoms with Crippen LogP contribution >= 0.6 is 11.3 Å². The Balaban J connectivity index is 1.56. The van der Waals surface area contributed by atoms with Crippen molar-refractivity contribution in [2.24, 2.45) is 4.99 Å². The molecule has 36 heavy (non-hydrogen) atoms. The number of fused-ring (bicyclic) bond motifs is 3. The molecule has 0 spiro atoms. The number of carbonyl (C=O) groups excluding carboxylic acids is 2. The molecule has 1 aliphatic carbocycles. The van der Waals surface area contributed by atoms with Crippen molar-refractivity contribution in [3.05, 3.63) is 81.2 Å². The molecule has 0 bridgehead atoms. The summed E-state index contributed by atoms with van der Waals surface area (Å²) in [5.74, 6) is 0.365. The van der Waals surface area contributed by atoms with E-state index in [-0.39, 0.29) is 30.2 Å². The molecular weight excluding hydrogens is 468 g/mol. The van der Waals surface area contributed by atoms with E-state index in [1.807, 2.05) is 6.07 Å². The summed E-state index contributed by atoms with van der Waals surface area (Å²) in [6, 6.07) is 15.7. The van der Waals surface area contributed by atoms with Crippen LogP contribution in [0, 0.1) is 0 Å². The molecule has 186 valence electrons. The second-order valence-corrected chi connectivity index (χ2v) is 11.6. The van der Waals surface area contributed by atoms with Gasteiger partial charge in [-0.1, -0.05) is 57.2 Å². The predicted octanol–water partition coefficient (Wildman–Crippen LogP) is 6.00. The third-order valence-corrected chi connectivity index (χ3v) is 8.34. The molecule has 5 rings (SSSR count). The van der Waals surface area contributed by atoms with E-state index < -0.39 is 0 Å². The molecule has 5 nitrogen and oxygen atoms in total. The predicted molar refractivity (Wildman–Crippen MR) is 146 cm³/mol. The molecule has 0 N–H and O–H groups in total. The quantitative estimate of drug-likeness (QED) is 0.404. The summed E-state index contributed by atoms with van der Waals surface area (Å²) in [4.78, 5) is 34.5. The first-order valence-electron chi connectivity index (χ1n) is 12.5. The average molecular weight is 501 g/mol. The van der Waals surface area contributed by atoms with Crippen LogP contribution in [0.15, 0.2) is 53.5 Å². The van der Waals surface area contributed by atoms with Crippen LogP contribution < -0.4 is 9.64 Å². The smallest absolute Gasteiger partial charge is 0.249 e. The van der Waals surface area contributed by atoms with Crippen molar-refractivity contribution in [2.45, 2.75) is 51.9 Å². The number of ketones is 1. The van der Waals surface area contributed by atoms with Gasteiger partial charge in [-0.05, 0) is 54.4 Å². The minimum atomic E-state index is -0.146. The number of carbonyl (C=O) groups is 2. The lowest BCUT2D eigenvalue weighted by Crippen LogP contribution is -2.36. The number of amides is 1. The van der Waals surface area contributed by atoms with Gasteiger partial charge in [0.05, 0.1) is 19.4 Å². The number of nitrogens with zero attached hydrogens (tertiary/aromatic N) is 2. The Hall–Kier alpha value is -3.25. The third kappa shape index (κ3) is 4.62. The molecule has 1 aromatic heterocycles. The molecular formula is C30H32N2O3S. The first kappa shape index (κ1) is 24.4. The molecule has 2 heterocycles. The Morgan fingerprint density at radius 1 is 1.08 bits per heavy atom. The number of methoxy groups -OCH3 is 1. The number of rotatable bonds is 5. The molecule has 0 radical (unpaired) electrons. The third-order valence-electron chi connectivity index (χ3n) is 7.03. The van der Waals surface area contributed by atoms with Crippen LogP contribution in [0.5, 0.6) is 5.75 Å². The monoisotopic (exact) mass is 500 g/mol. The van der Waals surface area contributed by atoms with Gasteiger partial charge in [0, 0.05) is 21.6 Å². The Bertz CT molecular complexity index is 1350. The van der Waals surface area contributed by atoms with Crippen LogP contribution in [0.1, 0.15) is 71.1 Å². The molecule has 1 amide bonds. The first-order chi connectivity index (χ1) is 17.3. The van der Waals surface area contributed by atoms with E-state index in [0.29, 0.717) is 11.3 Å². The lowest BCUT2D eigenvalue weighted by Gasteiger charge is -2.21. The number of ether oxygens (including phenoxy) is 1. The maximum Gasteiger partial charge on any atom is 0.249 e. The summed E-state index contributed by atoms with van der Waals surface area (Å²) >= 11 is 1.66. The average Bonchev–Trinajstić information content (AvgIpc) is 3.20. The second-order valence-electron chi connectivity index (χ2n) is 10.5. The zero-order chi connectivity index (χ0) is 25.4. The fraction of sp³-hybridized carbons (Fsp3) is 0.367. The highest BCUT2D eigenvalue weighted by Gasteiger charge is 2.33. The Morgan fingerprint density at radius 2 is 1.83 bits per heavy atom. The summed E-state index contributed by atoms with van der Waals surface area (Å²) in [6.07, 6.45) is 4.26. The van der Waals surface area contributed by atoms with Crippen LogP contribution in [0.3, 0.4) is 0 Å². The van der Waals surface area contributed by atoms with E-state index in [4.69, 9.17) is 9.73 Å². The summed E-state index contributed by atoms with van der Waals surface area (Å²) in [7, 11) is 1.58. The van der Waals surface area contributed by atoms with E-state index in [9.17, 15) is 9.59 Å². The molecule has 0 saturated heterocycles.